The number of hydrogen-bond donors (Lipinski definition) is 0. The van der Waals surface area contributed by atoms with E-state index in [0.717, 1.165) is 0 Å². The Morgan fingerprint density at radius 1 is 1.00 bits per heavy atom. The summed E-state index contributed by atoms with van der Waals surface area (Å²) in [6.45, 7) is 18.3. The molecule has 8 nitrogen and oxygen atoms in total. The first-order valence-corrected chi connectivity index (χ1v) is 12.1. The molecule has 3 fully saturated rings. The molecule has 8 heteroatoms. The average Bonchev–Trinajstić information content (AvgIpc) is 3.65. The lowest BCUT2D eigenvalue weighted by molar-refractivity contribution is -0.176. The van der Waals surface area contributed by atoms with Gasteiger partial charge in [0.25, 0.3) is 0 Å². The zero-order valence-electron chi connectivity index (χ0n) is 22.0. The van der Waals surface area contributed by atoms with Crippen molar-refractivity contribution in [2.45, 2.75) is 110 Å². The van der Waals surface area contributed by atoms with Crippen molar-refractivity contribution in [3.8, 4) is 0 Å². The third-order valence-corrected chi connectivity index (χ3v) is 7.48. The first-order chi connectivity index (χ1) is 16.2. The van der Waals surface area contributed by atoms with Gasteiger partial charge >= 0.3 is 17.9 Å². The fraction of sp³-hybridized carbons (Fsp3) is 0.667. The Kier molecular flexibility index (Phi) is 7.67. The quantitative estimate of drug-likeness (QED) is 0.157. The van der Waals surface area contributed by atoms with Crippen LogP contribution < -0.4 is 0 Å². The maximum absolute atomic E-state index is 12.8. The predicted molar refractivity (Wildman–Crippen MR) is 128 cm³/mol. The van der Waals surface area contributed by atoms with Crippen LogP contribution in [0.1, 0.15) is 68.2 Å². The summed E-state index contributed by atoms with van der Waals surface area (Å²) in [7, 11) is 0. The normalized spacial score (nSPS) is 34.2. The molecule has 1 aliphatic carbocycles. The number of hydrogen-bond acceptors (Lipinski definition) is 8. The van der Waals surface area contributed by atoms with Gasteiger partial charge in [-0.3, -0.25) is 4.79 Å². The van der Waals surface area contributed by atoms with Crippen molar-refractivity contribution >= 4 is 17.9 Å². The van der Waals surface area contributed by atoms with Gasteiger partial charge in [0.05, 0.1) is 17.8 Å². The Bertz CT molecular complexity index is 960. The number of carbonyl (C=O) groups excluding carboxylic acids is 3. The van der Waals surface area contributed by atoms with Crippen LogP contribution in [0.25, 0.3) is 0 Å². The Hall–Kier alpha value is -2.45. The predicted octanol–water partition coefficient (Wildman–Crippen LogP) is 3.98. The summed E-state index contributed by atoms with van der Waals surface area (Å²) in [5.74, 6) is -1.92. The van der Waals surface area contributed by atoms with Gasteiger partial charge in [-0.2, -0.15) is 0 Å². The second-order valence-corrected chi connectivity index (χ2v) is 10.4. The van der Waals surface area contributed by atoms with Crippen LogP contribution in [0.4, 0.5) is 0 Å². The molecule has 194 valence electrons. The minimum absolute atomic E-state index is 0.107. The molecule has 0 aromatic heterocycles. The first-order valence-electron chi connectivity index (χ1n) is 12.1. The fourth-order valence-corrected chi connectivity index (χ4v) is 4.62. The van der Waals surface area contributed by atoms with Crippen LogP contribution in [0.3, 0.4) is 0 Å². The van der Waals surface area contributed by atoms with Crippen LogP contribution in [0.5, 0.6) is 0 Å². The molecule has 0 spiro atoms. The summed E-state index contributed by atoms with van der Waals surface area (Å²) in [5.41, 5.74) is 0.413. The van der Waals surface area contributed by atoms with E-state index in [-0.39, 0.29) is 17.8 Å². The van der Waals surface area contributed by atoms with Gasteiger partial charge in [0.2, 0.25) is 0 Å². The Balaban J connectivity index is 1.93. The van der Waals surface area contributed by atoms with Gasteiger partial charge in [0.1, 0.15) is 17.8 Å². The van der Waals surface area contributed by atoms with E-state index in [1.165, 1.54) is 6.92 Å². The molecule has 3 rings (SSSR count). The highest BCUT2D eigenvalue weighted by molar-refractivity contribution is 5.88. The molecular weight excluding hydrogens is 452 g/mol. The Morgan fingerprint density at radius 3 is 2.09 bits per heavy atom. The lowest BCUT2D eigenvalue weighted by Gasteiger charge is -2.40. The molecule has 35 heavy (non-hydrogen) atoms. The van der Waals surface area contributed by atoms with Crippen molar-refractivity contribution in [1.82, 2.24) is 0 Å². The van der Waals surface area contributed by atoms with E-state index < -0.39 is 47.7 Å². The minimum Gasteiger partial charge on any atom is -0.455 e. The van der Waals surface area contributed by atoms with Gasteiger partial charge < -0.3 is 23.7 Å². The van der Waals surface area contributed by atoms with E-state index in [4.69, 9.17) is 23.7 Å². The Labute approximate surface area is 207 Å². The molecule has 0 radical (unpaired) electrons. The van der Waals surface area contributed by atoms with Crippen molar-refractivity contribution < 1.29 is 38.1 Å². The topological polar surface area (TPSA) is 104 Å². The zero-order chi connectivity index (χ0) is 26.3. The van der Waals surface area contributed by atoms with Crippen LogP contribution in [0.15, 0.2) is 35.5 Å². The Morgan fingerprint density at radius 2 is 1.57 bits per heavy atom. The molecule has 0 N–H and O–H groups in total. The summed E-state index contributed by atoms with van der Waals surface area (Å²) < 4.78 is 29.2. The van der Waals surface area contributed by atoms with E-state index in [9.17, 15) is 14.4 Å². The summed E-state index contributed by atoms with van der Waals surface area (Å²) >= 11 is 0. The largest absolute Gasteiger partial charge is 0.455 e. The third-order valence-electron chi connectivity index (χ3n) is 7.48. The van der Waals surface area contributed by atoms with Crippen molar-refractivity contribution in [2.75, 3.05) is 0 Å². The SMILES string of the molecule is C=C(C(CC1OC1(C)C)OC(=O)C(C)=CC)C1CC2OC2(C)C(OC(C)=O)C1OC(=O)C(C)=CC. The van der Waals surface area contributed by atoms with E-state index in [1.807, 2.05) is 20.8 Å². The molecule has 7 unspecified atom stereocenters. The van der Waals surface area contributed by atoms with Crippen LogP contribution in [0, 0.1) is 5.92 Å². The summed E-state index contributed by atoms with van der Waals surface area (Å²) in [4.78, 5) is 37.5. The lowest BCUT2D eigenvalue weighted by Crippen LogP contribution is -2.54. The molecule has 1 saturated carbocycles. The van der Waals surface area contributed by atoms with Crippen molar-refractivity contribution in [2.24, 2.45) is 5.92 Å². The van der Waals surface area contributed by atoms with Gasteiger partial charge in [-0.25, -0.2) is 9.59 Å². The lowest BCUT2D eigenvalue weighted by atomic mass is 9.73. The molecule has 0 bridgehead atoms. The molecule has 0 aromatic carbocycles. The van der Waals surface area contributed by atoms with Crippen molar-refractivity contribution in [3.05, 3.63) is 35.5 Å². The number of carbonyl (C=O) groups is 3. The van der Waals surface area contributed by atoms with Crippen LogP contribution >= 0.6 is 0 Å². The molecule has 2 saturated heterocycles. The number of ether oxygens (including phenoxy) is 5. The minimum atomic E-state index is -0.852. The smallest absolute Gasteiger partial charge is 0.333 e. The summed E-state index contributed by atoms with van der Waals surface area (Å²) in [5, 5.41) is 0. The average molecular weight is 491 g/mol. The molecule has 0 amide bonds. The van der Waals surface area contributed by atoms with Gasteiger partial charge in [0.15, 0.2) is 6.10 Å². The monoisotopic (exact) mass is 490 g/mol. The van der Waals surface area contributed by atoms with Crippen molar-refractivity contribution in [1.29, 1.82) is 0 Å². The highest BCUT2D eigenvalue weighted by Gasteiger charge is 2.68. The van der Waals surface area contributed by atoms with Crippen molar-refractivity contribution in [3.63, 3.8) is 0 Å². The van der Waals surface area contributed by atoms with Gasteiger partial charge in [-0.15, -0.1) is 0 Å². The van der Waals surface area contributed by atoms with Crippen LogP contribution in [0.2, 0.25) is 0 Å². The molecule has 3 aliphatic rings. The highest BCUT2D eigenvalue weighted by Crippen LogP contribution is 2.54. The second-order valence-electron chi connectivity index (χ2n) is 10.4. The summed E-state index contributed by atoms with van der Waals surface area (Å²) in [6, 6.07) is 0. The first kappa shape index (κ1) is 27.1. The summed E-state index contributed by atoms with van der Waals surface area (Å²) in [6.07, 6.45) is 1.59. The van der Waals surface area contributed by atoms with Gasteiger partial charge in [-0.1, -0.05) is 18.7 Å². The fourth-order valence-electron chi connectivity index (χ4n) is 4.62. The maximum Gasteiger partial charge on any atom is 0.333 e. The third kappa shape index (κ3) is 5.70. The number of epoxide rings is 2. The molecule has 2 aliphatic heterocycles. The number of esters is 3. The van der Waals surface area contributed by atoms with Gasteiger partial charge in [0, 0.05) is 30.4 Å². The van der Waals surface area contributed by atoms with E-state index >= 15 is 0 Å². The van der Waals surface area contributed by atoms with Crippen LogP contribution in [-0.2, 0) is 38.1 Å². The number of allylic oxidation sites excluding steroid dienone is 2. The molecule has 2 heterocycles. The number of rotatable bonds is 9. The standard InChI is InChI=1S/C27H38O8/c1-10-14(3)24(29)32-19(13-20-26(7,8)34-20)16(5)18-12-21-27(9,35-21)23(31-17(6)28)22(18)33-25(30)15(4)11-2/h10-11,18-23H,5,12-13H2,1-4,6-9H3. The number of fused-ring (bicyclic) bond motifs is 1. The highest BCUT2D eigenvalue weighted by atomic mass is 16.7. The molecule has 0 aromatic rings. The van der Waals surface area contributed by atoms with E-state index in [1.54, 1.807) is 39.8 Å². The molecular formula is C27H38O8. The maximum atomic E-state index is 12.8. The molecule has 7 atom stereocenters. The zero-order valence-corrected chi connectivity index (χ0v) is 22.0. The van der Waals surface area contributed by atoms with E-state index in [0.29, 0.717) is 29.6 Å². The van der Waals surface area contributed by atoms with E-state index in [2.05, 4.69) is 6.58 Å². The van der Waals surface area contributed by atoms with Gasteiger partial charge in [-0.05, 0) is 60.5 Å². The van der Waals surface area contributed by atoms with Crippen LogP contribution in [-0.4, -0.2) is 59.6 Å². The second kappa shape index (κ2) is 9.90.